The van der Waals surface area contributed by atoms with Crippen molar-refractivity contribution >= 4 is 5.82 Å². The van der Waals surface area contributed by atoms with Crippen molar-refractivity contribution in [2.24, 2.45) is 0 Å². The Balaban J connectivity index is 1.92. The number of nitrogens with two attached hydrogens (primary N) is 1. The number of imidazole rings is 1. The van der Waals surface area contributed by atoms with E-state index in [1.54, 1.807) is 12.4 Å². The predicted octanol–water partition coefficient (Wildman–Crippen LogP) is 3.37. The maximum atomic E-state index is 12.2. The van der Waals surface area contributed by atoms with Gasteiger partial charge >= 0.3 is 6.36 Å². The first kappa shape index (κ1) is 12.8. The second kappa shape index (κ2) is 4.43. The Labute approximate surface area is 113 Å². The third kappa shape index (κ3) is 2.56. The van der Waals surface area contributed by atoms with Gasteiger partial charge in [-0.05, 0) is 25.0 Å². The maximum Gasteiger partial charge on any atom is 0.573 e. The number of rotatable bonds is 3. The van der Waals surface area contributed by atoms with Crippen LogP contribution in [0.15, 0.2) is 30.6 Å². The first-order valence-electron chi connectivity index (χ1n) is 6.12. The molecule has 1 aromatic carbocycles. The van der Waals surface area contributed by atoms with E-state index in [0.29, 0.717) is 23.1 Å². The van der Waals surface area contributed by atoms with Gasteiger partial charge in [0.15, 0.2) is 0 Å². The van der Waals surface area contributed by atoms with E-state index in [0.717, 1.165) is 12.8 Å². The Kier molecular flexibility index (Phi) is 2.84. The minimum absolute atomic E-state index is 0.282. The fraction of sp³-hybridized carbons (Fsp3) is 0.308. The van der Waals surface area contributed by atoms with Crippen molar-refractivity contribution in [3.05, 3.63) is 30.6 Å². The molecule has 0 saturated heterocycles. The molecule has 20 heavy (non-hydrogen) atoms. The number of alkyl halides is 3. The van der Waals surface area contributed by atoms with E-state index in [9.17, 15) is 13.2 Å². The fourth-order valence-electron chi connectivity index (χ4n) is 2.08. The van der Waals surface area contributed by atoms with Crippen molar-refractivity contribution in [1.29, 1.82) is 0 Å². The highest BCUT2D eigenvalue weighted by atomic mass is 19.4. The molecule has 0 aliphatic heterocycles. The quantitative estimate of drug-likeness (QED) is 0.939. The van der Waals surface area contributed by atoms with Crippen molar-refractivity contribution in [2.75, 3.05) is 5.73 Å². The van der Waals surface area contributed by atoms with Gasteiger partial charge in [-0.1, -0.05) is 12.1 Å². The van der Waals surface area contributed by atoms with Crippen LogP contribution in [0.25, 0.3) is 11.3 Å². The standard InChI is InChI=1S/C13H12F3N3O/c14-13(15,16)20-10-3-1-2-8(6-10)11-12(17)19(7-18-11)9-4-5-9/h1-3,6-7,9H,4-5,17H2. The number of hydrogen-bond acceptors (Lipinski definition) is 3. The third-order valence-electron chi connectivity index (χ3n) is 3.11. The SMILES string of the molecule is Nc1c(-c2cccc(OC(F)(F)F)c2)ncn1C1CC1. The van der Waals surface area contributed by atoms with Crippen molar-refractivity contribution in [1.82, 2.24) is 9.55 Å². The highest BCUT2D eigenvalue weighted by Crippen LogP contribution is 2.39. The van der Waals surface area contributed by atoms with Crippen molar-refractivity contribution in [3.63, 3.8) is 0 Å². The lowest BCUT2D eigenvalue weighted by molar-refractivity contribution is -0.274. The fourth-order valence-corrected chi connectivity index (χ4v) is 2.08. The summed E-state index contributed by atoms with van der Waals surface area (Å²) in [5.74, 6) is 0.187. The molecule has 106 valence electrons. The van der Waals surface area contributed by atoms with Gasteiger partial charge in [-0.15, -0.1) is 13.2 Å². The van der Waals surface area contributed by atoms with E-state index in [-0.39, 0.29) is 5.75 Å². The molecule has 1 aromatic heterocycles. The van der Waals surface area contributed by atoms with Crippen molar-refractivity contribution in [3.8, 4) is 17.0 Å². The summed E-state index contributed by atoms with van der Waals surface area (Å²) in [6.07, 6.45) is -0.981. The number of aromatic nitrogens is 2. The molecule has 0 spiro atoms. The van der Waals surface area contributed by atoms with Crippen LogP contribution < -0.4 is 10.5 Å². The molecule has 7 heteroatoms. The summed E-state index contributed by atoms with van der Waals surface area (Å²) in [5, 5.41) is 0. The van der Waals surface area contributed by atoms with Gasteiger partial charge in [0.2, 0.25) is 0 Å². The molecule has 1 fully saturated rings. The Morgan fingerprint density at radius 1 is 1.30 bits per heavy atom. The lowest BCUT2D eigenvalue weighted by Crippen LogP contribution is -2.17. The Hall–Kier alpha value is -2.18. The van der Waals surface area contributed by atoms with Crippen LogP contribution in [0.3, 0.4) is 0 Å². The van der Waals surface area contributed by atoms with Crippen molar-refractivity contribution in [2.45, 2.75) is 25.2 Å². The van der Waals surface area contributed by atoms with Crippen LogP contribution in [0.1, 0.15) is 18.9 Å². The van der Waals surface area contributed by atoms with Gasteiger partial charge in [-0.3, -0.25) is 0 Å². The molecular weight excluding hydrogens is 271 g/mol. The van der Waals surface area contributed by atoms with Gasteiger partial charge in [0.1, 0.15) is 17.3 Å². The van der Waals surface area contributed by atoms with Gasteiger partial charge < -0.3 is 15.0 Å². The van der Waals surface area contributed by atoms with Gasteiger partial charge in [0.05, 0.1) is 6.33 Å². The zero-order chi connectivity index (χ0) is 14.3. The van der Waals surface area contributed by atoms with Crippen LogP contribution in [0.5, 0.6) is 5.75 Å². The molecule has 4 nitrogen and oxygen atoms in total. The lowest BCUT2D eigenvalue weighted by Gasteiger charge is -2.09. The average molecular weight is 283 g/mol. The summed E-state index contributed by atoms with van der Waals surface area (Å²) in [7, 11) is 0. The molecule has 3 rings (SSSR count). The maximum absolute atomic E-state index is 12.2. The number of nitrogen functional groups attached to an aromatic ring is 1. The third-order valence-corrected chi connectivity index (χ3v) is 3.11. The summed E-state index contributed by atoms with van der Waals surface area (Å²) in [6.45, 7) is 0. The summed E-state index contributed by atoms with van der Waals surface area (Å²) in [4.78, 5) is 4.19. The molecular formula is C13H12F3N3O. The van der Waals surface area contributed by atoms with Crippen LogP contribution >= 0.6 is 0 Å². The van der Waals surface area contributed by atoms with E-state index in [2.05, 4.69) is 9.72 Å². The van der Waals surface area contributed by atoms with Gasteiger partial charge in [0, 0.05) is 11.6 Å². The van der Waals surface area contributed by atoms with Crippen LogP contribution in [-0.4, -0.2) is 15.9 Å². The highest BCUT2D eigenvalue weighted by molar-refractivity contribution is 5.71. The number of ether oxygens (including phenoxy) is 1. The van der Waals surface area contributed by atoms with Crippen LogP contribution in [0.2, 0.25) is 0 Å². The molecule has 1 aliphatic carbocycles. The predicted molar refractivity (Wildman–Crippen MR) is 67.0 cm³/mol. The normalized spacial score (nSPS) is 15.3. The molecule has 0 atom stereocenters. The summed E-state index contributed by atoms with van der Waals surface area (Å²) >= 11 is 0. The summed E-state index contributed by atoms with van der Waals surface area (Å²) in [6, 6.07) is 6.02. The minimum Gasteiger partial charge on any atom is -0.406 e. The number of halogens is 3. The molecule has 0 amide bonds. The molecule has 0 radical (unpaired) electrons. The second-order valence-electron chi connectivity index (χ2n) is 4.69. The number of anilines is 1. The number of nitrogens with zero attached hydrogens (tertiary/aromatic N) is 2. The van der Waals surface area contributed by atoms with E-state index >= 15 is 0 Å². The van der Waals surface area contributed by atoms with Gasteiger partial charge in [-0.2, -0.15) is 0 Å². The minimum atomic E-state index is -4.71. The molecule has 1 aliphatic rings. The van der Waals surface area contributed by atoms with Crippen LogP contribution in [0, 0.1) is 0 Å². The van der Waals surface area contributed by atoms with Gasteiger partial charge in [-0.25, -0.2) is 4.98 Å². The number of benzene rings is 1. The van der Waals surface area contributed by atoms with E-state index in [1.165, 1.54) is 18.2 Å². The average Bonchev–Trinajstić information content (AvgIpc) is 3.11. The summed E-state index contributed by atoms with van der Waals surface area (Å²) in [5.41, 5.74) is 6.97. The van der Waals surface area contributed by atoms with E-state index in [1.807, 2.05) is 4.57 Å². The van der Waals surface area contributed by atoms with Crippen LogP contribution in [-0.2, 0) is 0 Å². The Morgan fingerprint density at radius 3 is 2.70 bits per heavy atom. The smallest absolute Gasteiger partial charge is 0.406 e. The van der Waals surface area contributed by atoms with E-state index in [4.69, 9.17) is 5.73 Å². The summed E-state index contributed by atoms with van der Waals surface area (Å²) < 4.78 is 42.4. The molecule has 2 aromatic rings. The molecule has 0 unspecified atom stereocenters. The van der Waals surface area contributed by atoms with Crippen molar-refractivity contribution < 1.29 is 17.9 Å². The molecule has 1 saturated carbocycles. The zero-order valence-electron chi connectivity index (χ0n) is 10.4. The largest absolute Gasteiger partial charge is 0.573 e. The first-order valence-corrected chi connectivity index (χ1v) is 6.12. The Bertz CT molecular complexity index is 632. The first-order chi connectivity index (χ1) is 9.44. The molecule has 0 bridgehead atoms. The monoisotopic (exact) mass is 283 g/mol. The highest BCUT2D eigenvalue weighted by Gasteiger charge is 2.31. The second-order valence-corrected chi connectivity index (χ2v) is 4.69. The lowest BCUT2D eigenvalue weighted by atomic mass is 10.1. The van der Waals surface area contributed by atoms with E-state index < -0.39 is 6.36 Å². The zero-order valence-corrected chi connectivity index (χ0v) is 10.4. The topological polar surface area (TPSA) is 53.1 Å². The van der Waals surface area contributed by atoms with Crippen LogP contribution in [0.4, 0.5) is 19.0 Å². The molecule has 2 N–H and O–H groups in total. The van der Waals surface area contributed by atoms with Gasteiger partial charge in [0.25, 0.3) is 0 Å². The number of hydrogen-bond donors (Lipinski definition) is 1. The Morgan fingerprint density at radius 2 is 2.05 bits per heavy atom. The molecule has 1 heterocycles.